The molecule has 0 spiro atoms. The predicted octanol–water partition coefficient (Wildman–Crippen LogP) is 3.25. The predicted molar refractivity (Wildman–Crippen MR) is 113 cm³/mol. The van der Waals surface area contributed by atoms with Crippen LogP contribution in [0.15, 0.2) is 59.6 Å². The van der Waals surface area contributed by atoms with Crippen molar-refractivity contribution in [2.75, 3.05) is 6.26 Å². The molecule has 6 nitrogen and oxygen atoms in total. The smallest absolute Gasteiger partial charge is 0.227 e. The highest BCUT2D eigenvalue weighted by molar-refractivity contribution is 7.90. The summed E-state index contributed by atoms with van der Waals surface area (Å²) in [4.78, 5) is 15.3. The summed E-state index contributed by atoms with van der Waals surface area (Å²) in [6, 6.07) is 12.9. The zero-order valence-electron chi connectivity index (χ0n) is 17.0. The van der Waals surface area contributed by atoms with E-state index in [1.165, 1.54) is 18.4 Å². The minimum atomic E-state index is -3.26. The van der Waals surface area contributed by atoms with Crippen molar-refractivity contribution in [3.8, 4) is 5.69 Å². The zero-order valence-corrected chi connectivity index (χ0v) is 17.8. The summed E-state index contributed by atoms with van der Waals surface area (Å²) in [5, 5.41) is 4.55. The minimum Gasteiger partial charge on any atom is -0.332 e. The summed E-state index contributed by atoms with van der Waals surface area (Å²) < 4.78 is 38.8. The van der Waals surface area contributed by atoms with Gasteiger partial charge in [-0.25, -0.2) is 17.5 Å². The fourth-order valence-electron chi connectivity index (χ4n) is 4.83. The van der Waals surface area contributed by atoms with Crippen molar-refractivity contribution in [2.45, 2.75) is 42.7 Å². The lowest BCUT2D eigenvalue weighted by atomic mass is 9.98. The van der Waals surface area contributed by atoms with E-state index >= 15 is 0 Å². The molecule has 0 unspecified atom stereocenters. The number of hydrogen-bond acceptors (Lipinski definition) is 4. The van der Waals surface area contributed by atoms with Gasteiger partial charge in [0, 0.05) is 24.3 Å². The van der Waals surface area contributed by atoms with Crippen molar-refractivity contribution < 1.29 is 17.6 Å². The van der Waals surface area contributed by atoms with Gasteiger partial charge in [0.25, 0.3) is 0 Å². The summed E-state index contributed by atoms with van der Waals surface area (Å²) in [5.74, 6) is -0.327. The molecule has 1 fully saturated rings. The third-order valence-electron chi connectivity index (χ3n) is 6.23. The van der Waals surface area contributed by atoms with E-state index in [9.17, 15) is 17.6 Å². The fourth-order valence-corrected chi connectivity index (χ4v) is 5.46. The van der Waals surface area contributed by atoms with Gasteiger partial charge >= 0.3 is 0 Å². The summed E-state index contributed by atoms with van der Waals surface area (Å²) in [5.41, 5.74) is 3.58. The maximum atomic E-state index is 13.5. The highest BCUT2D eigenvalue weighted by Crippen LogP contribution is 2.44. The molecule has 1 amide bonds. The molecule has 5 rings (SSSR count). The van der Waals surface area contributed by atoms with Gasteiger partial charge in [0.2, 0.25) is 5.91 Å². The molecular weight excluding hydrogens is 417 g/mol. The molecule has 2 aromatic carbocycles. The summed E-state index contributed by atoms with van der Waals surface area (Å²) in [7, 11) is -3.26. The van der Waals surface area contributed by atoms with Gasteiger partial charge in [0.05, 0.1) is 34.9 Å². The lowest BCUT2D eigenvalue weighted by molar-refractivity contribution is -0.134. The average Bonchev–Trinajstić information content (AvgIpc) is 3.29. The van der Waals surface area contributed by atoms with E-state index in [-0.39, 0.29) is 35.1 Å². The first-order valence-corrected chi connectivity index (χ1v) is 12.1. The topological polar surface area (TPSA) is 72.3 Å². The van der Waals surface area contributed by atoms with Crippen LogP contribution in [0.25, 0.3) is 5.69 Å². The van der Waals surface area contributed by atoms with Gasteiger partial charge in [-0.15, -0.1) is 0 Å². The van der Waals surface area contributed by atoms with E-state index in [0.29, 0.717) is 12.0 Å². The van der Waals surface area contributed by atoms with Crippen LogP contribution >= 0.6 is 0 Å². The fraction of sp³-hybridized carbons (Fsp3) is 0.304. The van der Waals surface area contributed by atoms with Gasteiger partial charge in [-0.1, -0.05) is 12.1 Å². The van der Waals surface area contributed by atoms with Gasteiger partial charge in [-0.05, 0) is 54.8 Å². The van der Waals surface area contributed by atoms with E-state index in [1.807, 2.05) is 15.8 Å². The standard InChI is InChI=1S/C23H22FN3O3S/c1-31(29,30)19-8-5-17(6-9-19)27-22-13-18-7-10-21(20(22)14-25-27)26(18)23(28)12-15-3-2-4-16(24)11-15/h2-6,8-9,11,14,18,21H,7,10,12-13H2,1H3/t18-,21+/m1/s1. The van der Waals surface area contributed by atoms with E-state index in [0.717, 1.165) is 29.8 Å². The minimum absolute atomic E-state index is 0.00834. The van der Waals surface area contributed by atoms with Crippen molar-refractivity contribution in [1.82, 2.24) is 14.7 Å². The van der Waals surface area contributed by atoms with E-state index in [4.69, 9.17) is 0 Å². The first kappa shape index (κ1) is 19.9. The first-order valence-electron chi connectivity index (χ1n) is 10.2. The van der Waals surface area contributed by atoms with Crippen LogP contribution in [0.5, 0.6) is 0 Å². The Balaban J connectivity index is 1.42. The van der Waals surface area contributed by atoms with Crippen LogP contribution in [-0.2, 0) is 27.5 Å². The number of sulfone groups is 1. The third-order valence-corrected chi connectivity index (χ3v) is 7.36. The Bertz CT molecular complexity index is 1270. The number of carbonyl (C=O) groups is 1. The van der Waals surface area contributed by atoms with E-state index in [1.54, 1.807) is 36.4 Å². The normalized spacial score (nSPS) is 20.0. The molecule has 2 atom stereocenters. The monoisotopic (exact) mass is 439 g/mol. The highest BCUT2D eigenvalue weighted by atomic mass is 32.2. The molecule has 8 heteroatoms. The van der Waals surface area contributed by atoms with Gasteiger partial charge in [0.1, 0.15) is 5.82 Å². The lowest BCUT2D eigenvalue weighted by Crippen LogP contribution is -2.42. The molecule has 3 heterocycles. The lowest BCUT2D eigenvalue weighted by Gasteiger charge is -2.35. The Morgan fingerprint density at radius 1 is 1.16 bits per heavy atom. The van der Waals surface area contributed by atoms with Crippen LogP contribution in [0, 0.1) is 5.82 Å². The van der Waals surface area contributed by atoms with Crippen LogP contribution in [0.3, 0.4) is 0 Å². The number of nitrogens with zero attached hydrogens (tertiary/aromatic N) is 3. The maximum absolute atomic E-state index is 13.5. The highest BCUT2D eigenvalue weighted by Gasteiger charge is 2.44. The van der Waals surface area contributed by atoms with Gasteiger partial charge in [0.15, 0.2) is 9.84 Å². The zero-order chi connectivity index (χ0) is 21.8. The summed E-state index contributed by atoms with van der Waals surface area (Å²) in [6.07, 6.45) is 5.67. The number of carbonyl (C=O) groups excluding carboxylic acids is 1. The Kier molecular flexibility index (Phi) is 4.69. The van der Waals surface area contributed by atoms with Crippen LogP contribution in [-0.4, -0.2) is 41.3 Å². The molecule has 31 heavy (non-hydrogen) atoms. The molecule has 1 saturated heterocycles. The van der Waals surface area contributed by atoms with E-state index < -0.39 is 9.84 Å². The van der Waals surface area contributed by atoms with Crippen LogP contribution in [0.4, 0.5) is 4.39 Å². The van der Waals surface area contributed by atoms with Gasteiger partial charge in [-0.2, -0.15) is 5.10 Å². The number of halogens is 1. The second-order valence-electron chi connectivity index (χ2n) is 8.28. The van der Waals surface area contributed by atoms with Crippen molar-refractivity contribution in [3.05, 3.63) is 77.4 Å². The molecule has 3 aromatic rings. The molecule has 0 saturated carbocycles. The van der Waals surface area contributed by atoms with Gasteiger partial charge < -0.3 is 4.90 Å². The van der Waals surface area contributed by atoms with Crippen molar-refractivity contribution in [1.29, 1.82) is 0 Å². The second-order valence-corrected chi connectivity index (χ2v) is 10.3. The van der Waals surface area contributed by atoms with Crippen LogP contribution in [0.2, 0.25) is 0 Å². The molecule has 2 aliphatic rings. The van der Waals surface area contributed by atoms with Gasteiger partial charge in [-0.3, -0.25) is 4.79 Å². The molecule has 0 N–H and O–H groups in total. The number of hydrogen-bond donors (Lipinski definition) is 0. The number of rotatable bonds is 4. The average molecular weight is 440 g/mol. The van der Waals surface area contributed by atoms with Crippen molar-refractivity contribution >= 4 is 15.7 Å². The summed E-state index contributed by atoms with van der Waals surface area (Å²) in [6.45, 7) is 0. The Hall–Kier alpha value is -3.00. The number of benzene rings is 2. The molecule has 0 aliphatic carbocycles. The Morgan fingerprint density at radius 3 is 2.65 bits per heavy atom. The number of aromatic nitrogens is 2. The first-order chi connectivity index (χ1) is 14.8. The van der Waals surface area contributed by atoms with Crippen molar-refractivity contribution in [3.63, 3.8) is 0 Å². The third kappa shape index (κ3) is 3.54. The molecule has 1 aromatic heterocycles. The van der Waals surface area contributed by atoms with E-state index in [2.05, 4.69) is 5.10 Å². The molecule has 0 radical (unpaired) electrons. The maximum Gasteiger partial charge on any atom is 0.227 e. The summed E-state index contributed by atoms with van der Waals surface area (Å²) >= 11 is 0. The SMILES string of the molecule is CS(=O)(=O)c1ccc(-n2ncc3c2C[C@H]2CC[C@@H]3N2C(=O)Cc2cccc(F)c2)cc1. The second kappa shape index (κ2) is 7.30. The van der Waals surface area contributed by atoms with Crippen LogP contribution in [0.1, 0.15) is 35.7 Å². The Morgan fingerprint density at radius 2 is 1.94 bits per heavy atom. The quantitative estimate of drug-likeness (QED) is 0.626. The largest absolute Gasteiger partial charge is 0.332 e. The molecular formula is C23H22FN3O3S. The molecule has 160 valence electrons. The number of amides is 1. The Labute approximate surface area is 180 Å². The van der Waals surface area contributed by atoms with Crippen molar-refractivity contribution in [2.24, 2.45) is 0 Å². The van der Waals surface area contributed by atoms with Crippen LogP contribution < -0.4 is 0 Å². The molecule has 2 bridgehead atoms. The molecule has 2 aliphatic heterocycles. The number of fused-ring (bicyclic) bond motifs is 4.